The number of aromatic carboxylic acids is 1. The molecule has 2 amide bonds. The maximum atomic E-state index is 13.4. The summed E-state index contributed by atoms with van der Waals surface area (Å²) in [6, 6.07) is 1.09. The van der Waals surface area contributed by atoms with Gasteiger partial charge in [0, 0.05) is 17.9 Å². The number of benzene rings is 1. The molecule has 110 valence electrons. The summed E-state index contributed by atoms with van der Waals surface area (Å²) in [5, 5.41) is 9.09. The van der Waals surface area contributed by atoms with Crippen LogP contribution >= 0.6 is 0 Å². The van der Waals surface area contributed by atoms with Crippen LogP contribution in [0.3, 0.4) is 0 Å². The lowest BCUT2D eigenvalue weighted by Gasteiger charge is -2.30. The molecule has 7 heteroatoms. The maximum absolute atomic E-state index is 13.4. The van der Waals surface area contributed by atoms with Crippen molar-refractivity contribution in [3.8, 4) is 0 Å². The predicted molar refractivity (Wildman–Crippen MR) is 66.6 cm³/mol. The van der Waals surface area contributed by atoms with Crippen LogP contribution in [0.15, 0.2) is 12.1 Å². The molecule has 2 bridgehead atoms. The Hall–Kier alpha value is -2.31. The van der Waals surface area contributed by atoms with E-state index in [9.17, 15) is 23.2 Å². The first-order chi connectivity index (χ1) is 9.90. The van der Waals surface area contributed by atoms with E-state index in [0.29, 0.717) is 36.3 Å². The van der Waals surface area contributed by atoms with Gasteiger partial charge >= 0.3 is 5.97 Å². The van der Waals surface area contributed by atoms with Gasteiger partial charge in [0.05, 0.1) is 11.3 Å². The van der Waals surface area contributed by atoms with Crippen molar-refractivity contribution < 1.29 is 28.3 Å². The number of hydrogen-bond donors (Lipinski definition) is 1. The first-order valence-corrected chi connectivity index (χ1v) is 6.50. The maximum Gasteiger partial charge on any atom is 0.337 e. The van der Waals surface area contributed by atoms with E-state index >= 15 is 0 Å². The molecule has 1 aliphatic carbocycles. The van der Waals surface area contributed by atoms with E-state index in [4.69, 9.17) is 5.11 Å². The molecule has 1 saturated carbocycles. The van der Waals surface area contributed by atoms with Crippen LogP contribution in [0.5, 0.6) is 0 Å². The molecule has 2 aliphatic rings. The predicted octanol–water partition coefficient (Wildman–Crippen LogP) is 1.95. The number of amides is 2. The molecule has 2 unspecified atom stereocenters. The van der Waals surface area contributed by atoms with E-state index in [1.54, 1.807) is 0 Å². The van der Waals surface area contributed by atoms with E-state index in [-0.39, 0.29) is 11.8 Å². The number of rotatable bonds is 2. The van der Waals surface area contributed by atoms with Crippen LogP contribution in [0.25, 0.3) is 0 Å². The monoisotopic (exact) mass is 295 g/mol. The lowest BCUT2D eigenvalue weighted by Crippen LogP contribution is -2.47. The molecule has 2 fully saturated rings. The summed E-state index contributed by atoms with van der Waals surface area (Å²) in [6.07, 6.45) is 1.55. The second kappa shape index (κ2) is 4.61. The Labute approximate surface area is 118 Å². The summed E-state index contributed by atoms with van der Waals surface area (Å²) >= 11 is 0. The number of carbonyl (C=O) groups excluding carboxylic acids is 2. The van der Waals surface area contributed by atoms with Crippen molar-refractivity contribution >= 4 is 23.5 Å². The smallest absolute Gasteiger partial charge is 0.337 e. The quantitative estimate of drug-likeness (QED) is 0.846. The SMILES string of the molecule is O=C(O)c1cc(F)c(F)cc1N1C(=O)C2CCC(C2)C1=O. The highest BCUT2D eigenvalue weighted by Crippen LogP contribution is 2.41. The number of halogens is 2. The van der Waals surface area contributed by atoms with Crippen LogP contribution < -0.4 is 4.90 Å². The second-order valence-corrected chi connectivity index (χ2v) is 5.31. The first kappa shape index (κ1) is 13.7. The molecule has 1 saturated heterocycles. The van der Waals surface area contributed by atoms with E-state index < -0.39 is 40.7 Å². The third kappa shape index (κ3) is 2.00. The van der Waals surface area contributed by atoms with Crippen LogP contribution in [-0.2, 0) is 9.59 Å². The minimum Gasteiger partial charge on any atom is -0.478 e. The van der Waals surface area contributed by atoms with Crippen molar-refractivity contribution in [2.24, 2.45) is 11.8 Å². The number of nitrogens with zero attached hydrogens (tertiary/aromatic N) is 1. The molecule has 2 atom stereocenters. The van der Waals surface area contributed by atoms with Gasteiger partial charge in [-0.05, 0) is 25.3 Å². The van der Waals surface area contributed by atoms with E-state index in [1.165, 1.54) is 0 Å². The van der Waals surface area contributed by atoms with Crippen LogP contribution in [0.1, 0.15) is 29.6 Å². The van der Waals surface area contributed by atoms with Crippen molar-refractivity contribution in [1.29, 1.82) is 0 Å². The second-order valence-electron chi connectivity index (χ2n) is 5.31. The van der Waals surface area contributed by atoms with Gasteiger partial charge in [0.25, 0.3) is 0 Å². The minimum absolute atomic E-state index is 0.359. The Kier molecular flexibility index (Phi) is 3.00. The van der Waals surface area contributed by atoms with Crippen LogP contribution in [-0.4, -0.2) is 22.9 Å². The third-order valence-electron chi connectivity index (χ3n) is 4.08. The number of anilines is 1. The molecule has 0 radical (unpaired) electrons. The van der Waals surface area contributed by atoms with Crippen LogP contribution in [0.4, 0.5) is 14.5 Å². The minimum atomic E-state index is -1.53. The number of carboxylic acid groups (broad SMARTS) is 1. The number of carboxylic acids is 1. The molecule has 3 rings (SSSR count). The lowest BCUT2D eigenvalue weighted by molar-refractivity contribution is -0.133. The number of fused-ring (bicyclic) bond motifs is 2. The van der Waals surface area contributed by atoms with Gasteiger partial charge in [0.15, 0.2) is 11.6 Å². The zero-order valence-corrected chi connectivity index (χ0v) is 10.8. The zero-order chi connectivity index (χ0) is 15.3. The van der Waals surface area contributed by atoms with E-state index in [2.05, 4.69) is 0 Å². The summed E-state index contributed by atoms with van der Waals surface area (Å²) < 4.78 is 26.6. The number of carbonyl (C=O) groups is 3. The van der Waals surface area contributed by atoms with Gasteiger partial charge in [-0.15, -0.1) is 0 Å². The van der Waals surface area contributed by atoms with Gasteiger partial charge in [-0.25, -0.2) is 18.5 Å². The fraction of sp³-hybridized carbons (Fsp3) is 0.357. The molecule has 1 aromatic rings. The molecule has 5 nitrogen and oxygen atoms in total. The van der Waals surface area contributed by atoms with Crippen molar-refractivity contribution in [1.82, 2.24) is 0 Å². The third-order valence-corrected chi connectivity index (χ3v) is 4.08. The molecule has 1 heterocycles. The van der Waals surface area contributed by atoms with Gasteiger partial charge in [0.2, 0.25) is 11.8 Å². The normalized spacial score (nSPS) is 24.6. The Morgan fingerprint density at radius 2 is 1.62 bits per heavy atom. The van der Waals surface area contributed by atoms with Crippen LogP contribution in [0.2, 0.25) is 0 Å². The number of hydrogen-bond acceptors (Lipinski definition) is 3. The summed E-state index contributed by atoms with van der Waals surface area (Å²) in [5.74, 6) is -5.96. The Bertz CT molecular complexity index is 651. The van der Waals surface area contributed by atoms with Crippen molar-refractivity contribution in [2.45, 2.75) is 19.3 Å². The summed E-state index contributed by atoms with van der Waals surface area (Å²) in [4.78, 5) is 36.4. The lowest BCUT2D eigenvalue weighted by atomic mass is 9.95. The number of imide groups is 1. The van der Waals surface area contributed by atoms with E-state index in [1.807, 2.05) is 0 Å². The average molecular weight is 295 g/mol. The molecule has 1 N–H and O–H groups in total. The topological polar surface area (TPSA) is 74.7 Å². The summed E-state index contributed by atoms with van der Waals surface area (Å²) in [7, 11) is 0. The molecule has 1 aliphatic heterocycles. The highest BCUT2D eigenvalue weighted by Gasteiger charge is 2.46. The Morgan fingerprint density at radius 1 is 1.10 bits per heavy atom. The fourth-order valence-electron chi connectivity index (χ4n) is 3.03. The Balaban J connectivity index is 2.15. The number of piperidine rings is 1. The van der Waals surface area contributed by atoms with Crippen molar-refractivity contribution in [3.63, 3.8) is 0 Å². The summed E-state index contributed by atoms with van der Waals surface area (Å²) in [6.45, 7) is 0. The first-order valence-electron chi connectivity index (χ1n) is 6.50. The average Bonchev–Trinajstić information content (AvgIpc) is 2.87. The molecule has 0 spiro atoms. The zero-order valence-electron chi connectivity index (χ0n) is 10.8. The van der Waals surface area contributed by atoms with Gasteiger partial charge in [0.1, 0.15) is 0 Å². The standard InChI is InChI=1S/C14H11F2NO4/c15-9-4-8(14(20)21)11(5-10(9)16)17-12(18)6-1-2-7(3-6)13(17)19/h4-7H,1-3H2,(H,20,21). The van der Waals surface area contributed by atoms with Gasteiger partial charge in [-0.2, -0.15) is 0 Å². The summed E-state index contributed by atoms with van der Waals surface area (Å²) in [5.41, 5.74) is -0.995. The van der Waals surface area contributed by atoms with E-state index in [0.717, 1.165) is 0 Å². The van der Waals surface area contributed by atoms with Crippen molar-refractivity contribution in [3.05, 3.63) is 29.3 Å². The Morgan fingerprint density at radius 3 is 2.14 bits per heavy atom. The molecule has 0 aromatic heterocycles. The molecular weight excluding hydrogens is 284 g/mol. The van der Waals surface area contributed by atoms with Crippen LogP contribution in [0, 0.1) is 23.5 Å². The van der Waals surface area contributed by atoms with Gasteiger partial charge in [-0.1, -0.05) is 0 Å². The molecule has 21 heavy (non-hydrogen) atoms. The van der Waals surface area contributed by atoms with Gasteiger partial charge in [-0.3, -0.25) is 9.59 Å². The van der Waals surface area contributed by atoms with Gasteiger partial charge < -0.3 is 5.11 Å². The van der Waals surface area contributed by atoms with Crippen molar-refractivity contribution in [2.75, 3.05) is 4.90 Å². The highest BCUT2D eigenvalue weighted by molar-refractivity contribution is 6.20. The highest BCUT2D eigenvalue weighted by atomic mass is 19.2. The molecular formula is C14H11F2NO4. The molecule has 1 aromatic carbocycles. The fourth-order valence-corrected chi connectivity index (χ4v) is 3.03. The largest absolute Gasteiger partial charge is 0.478 e.